The summed E-state index contributed by atoms with van der Waals surface area (Å²) in [5.74, 6) is -0.312. The second kappa shape index (κ2) is 5.48. The van der Waals surface area contributed by atoms with Gasteiger partial charge in [-0.25, -0.2) is 17.9 Å². The van der Waals surface area contributed by atoms with Crippen molar-refractivity contribution in [1.82, 2.24) is 0 Å². The van der Waals surface area contributed by atoms with Gasteiger partial charge in [-0.05, 0) is 35.9 Å². The van der Waals surface area contributed by atoms with Crippen molar-refractivity contribution in [3.63, 3.8) is 0 Å². The van der Waals surface area contributed by atoms with Crippen molar-refractivity contribution in [2.45, 2.75) is 11.4 Å². The van der Waals surface area contributed by atoms with Crippen molar-refractivity contribution in [3.05, 3.63) is 53.8 Å². The number of halogens is 1. The molecule has 0 saturated heterocycles. The summed E-state index contributed by atoms with van der Waals surface area (Å²) in [6, 6.07) is 10.5. The lowest BCUT2D eigenvalue weighted by molar-refractivity contribution is 0.598. The fourth-order valence-corrected chi connectivity index (χ4v) is 2.41. The summed E-state index contributed by atoms with van der Waals surface area (Å²) in [5, 5.41) is 8.04. The predicted molar refractivity (Wildman–Crippen MR) is 76.0 cm³/mol. The Morgan fingerprint density at radius 3 is 2.50 bits per heavy atom. The molecule has 0 spiro atoms. The lowest BCUT2D eigenvalue weighted by Crippen LogP contribution is -2.14. The van der Waals surface area contributed by atoms with Gasteiger partial charge in [0.1, 0.15) is 10.7 Å². The molecule has 2 rings (SSSR count). The molecule has 0 atom stereocenters. The zero-order chi connectivity index (χ0) is 14.8. The topological polar surface area (TPSA) is 98.2 Å². The van der Waals surface area contributed by atoms with Gasteiger partial charge in [-0.3, -0.25) is 0 Å². The van der Waals surface area contributed by atoms with Crippen molar-refractivity contribution in [3.8, 4) is 0 Å². The smallest absolute Gasteiger partial charge is 0.240 e. The highest BCUT2D eigenvalue weighted by atomic mass is 32.2. The van der Waals surface area contributed by atoms with E-state index in [0.29, 0.717) is 12.2 Å². The lowest BCUT2D eigenvalue weighted by Gasteiger charge is -2.09. The van der Waals surface area contributed by atoms with Gasteiger partial charge in [0.15, 0.2) is 0 Å². The predicted octanol–water partition coefficient (Wildman–Crippen LogP) is 1.67. The highest BCUT2D eigenvalue weighted by molar-refractivity contribution is 7.89. The highest BCUT2D eigenvalue weighted by Gasteiger charge is 2.12. The molecule has 2 aromatic rings. The van der Waals surface area contributed by atoms with Crippen LogP contribution in [0.25, 0.3) is 0 Å². The van der Waals surface area contributed by atoms with Crippen LogP contribution >= 0.6 is 0 Å². The highest BCUT2D eigenvalue weighted by Crippen LogP contribution is 2.21. The number of hydrogen-bond donors (Lipinski definition) is 3. The van der Waals surface area contributed by atoms with E-state index >= 15 is 0 Å². The first-order valence-corrected chi connectivity index (χ1v) is 7.31. The maximum atomic E-state index is 13.0. The van der Waals surface area contributed by atoms with Crippen LogP contribution in [0.1, 0.15) is 5.56 Å². The van der Waals surface area contributed by atoms with Crippen molar-refractivity contribution < 1.29 is 12.8 Å². The average molecular weight is 295 g/mol. The maximum absolute atomic E-state index is 13.0. The number of nitrogens with two attached hydrogens (primary N) is 2. The summed E-state index contributed by atoms with van der Waals surface area (Å²) in [6.45, 7) is 0.395. The summed E-state index contributed by atoms with van der Waals surface area (Å²) < 4.78 is 35.4. The van der Waals surface area contributed by atoms with Crippen molar-refractivity contribution in [2.75, 3.05) is 11.1 Å². The van der Waals surface area contributed by atoms with Gasteiger partial charge < -0.3 is 11.1 Å². The molecule has 0 aliphatic rings. The zero-order valence-corrected chi connectivity index (χ0v) is 11.3. The van der Waals surface area contributed by atoms with E-state index in [0.717, 1.165) is 5.56 Å². The molecule has 0 aliphatic carbocycles. The number of primary sulfonamides is 1. The van der Waals surface area contributed by atoms with Crippen LogP contribution in [0.4, 0.5) is 15.8 Å². The fraction of sp³-hybridized carbons (Fsp3) is 0.0769. The third-order valence-electron chi connectivity index (χ3n) is 2.70. The second-order valence-corrected chi connectivity index (χ2v) is 5.81. The summed E-state index contributed by atoms with van der Waals surface area (Å²) in [4.78, 5) is -0.117. The number of rotatable bonds is 4. The van der Waals surface area contributed by atoms with Gasteiger partial charge in [0.25, 0.3) is 0 Å². The molecule has 7 heteroatoms. The van der Waals surface area contributed by atoms with E-state index in [1.165, 1.54) is 24.3 Å². The molecular formula is C13H14FN3O2S. The first kappa shape index (κ1) is 14.3. The summed E-state index contributed by atoms with van der Waals surface area (Å²) in [5.41, 5.74) is 7.10. The summed E-state index contributed by atoms with van der Waals surface area (Å²) >= 11 is 0. The quantitative estimate of drug-likeness (QED) is 0.747. The van der Waals surface area contributed by atoms with Gasteiger partial charge in [-0.2, -0.15) is 0 Å². The van der Waals surface area contributed by atoms with Gasteiger partial charge in [0, 0.05) is 12.2 Å². The van der Waals surface area contributed by atoms with Crippen molar-refractivity contribution >= 4 is 21.4 Å². The molecule has 5 nitrogen and oxygen atoms in total. The van der Waals surface area contributed by atoms with Crippen LogP contribution in [0.5, 0.6) is 0 Å². The third kappa shape index (κ3) is 3.46. The molecule has 0 fully saturated rings. The molecule has 0 heterocycles. The normalized spacial score (nSPS) is 11.3. The molecule has 5 N–H and O–H groups in total. The van der Waals surface area contributed by atoms with Gasteiger partial charge in [-0.15, -0.1) is 0 Å². The van der Waals surface area contributed by atoms with E-state index in [1.54, 1.807) is 18.2 Å². The number of benzene rings is 2. The first-order valence-electron chi connectivity index (χ1n) is 5.77. The molecule has 2 aromatic carbocycles. The molecule has 20 heavy (non-hydrogen) atoms. The average Bonchev–Trinajstić information content (AvgIpc) is 2.35. The Morgan fingerprint density at radius 1 is 1.15 bits per heavy atom. The molecule has 0 saturated carbocycles. The molecule has 0 radical (unpaired) electrons. The Balaban J connectivity index is 2.14. The minimum atomic E-state index is -3.83. The van der Waals surface area contributed by atoms with E-state index in [2.05, 4.69) is 5.32 Å². The number of nitrogens with one attached hydrogen (secondary N) is 1. The van der Waals surface area contributed by atoms with E-state index in [1.807, 2.05) is 0 Å². The van der Waals surface area contributed by atoms with E-state index in [9.17, 15) is 12.8 Å². The van der Waals surface area contributed by atoms with Crippen LogP contribution in [-0.4, -0.2) is 8.42 Å². The number of sulfonamides is 1. The van der Waals surface area contributed by atoms with Gasteiger partial charge in [0.05, 0.1) is 5.69 Å². The van der Waals surface area contributed by atoms with Crippen LogP contribution in [0.2, 0.25) is 0 Å². The molecule has 0 bridgehead atoms. The minimum absolute atomic E-state index is 0.0664. The van der Waals surface area contributed by atoms with Crippen LogP contribution < -0.4 is 16.2 Å². The first-order chi connectivity index (χ1) is 9.36. The van der Waals surface area contributed by atoms with Crippen LogP contribution in [0.3, 0.4) is 0 Å². The summed E-state index contributed by atoms with van der Waals surface area (Å²) in [6.07, 6.45) is 0. The zero-order valence-electron chi connectivity index (χ0n) is 10.5. The molecular weight excluding hydrogens is 281 g/mol. The fourth-order valence-electron chi connectivity index (χ4n) is 1.77. The number of nitrogen functional groups attached to an aromatic ring is 1. The van der Waals surface area contributed by atoms with E-state index in [-0.39, 0.29) is 16.4 Å². The SMILES string of the molecule is Nc1cc(NCc2cccc(F)c2)ccc1S(N)(=O)=O. The van der Waals surface area contributed by atoms with Crippen LogP contribution in [0, 0.1) is 5.82 Å². The minimum Gasteiger partial charge on any atom is -0.398 e. The molecule has 0 unspecified atom stereocenters. The Kier molecular flexibility index (Phi) is 3.91. The number of hydrogen-bond acceptors (Lipinski definition) is 4. The monoisotopic (exact) mass is 295 g/mol. The maximum Gasteiger partial charge on any atom is 0.240 e. The Bertz CT molecular complexity index is 732. The Labute approximate surface area is 116 Å². The van der Waals surface area contributed by atoms with Gasteiger partial charge in [-0.1, -0.05) is 12.1 Å². The Morgan fingerprint density at radius 2 is 1.90 bits per heavy atom. The van der Waals surface area contributed by atoms with Crippen molar-refractivity contribution in [1.29, 1.82) is 0 Å². The third-order valence-corrected chi connectivity index (χ3v) is 3.69. The number of anilines is 2. The lowest BCUT2D eigenvalue weighted by atomic mass is 10.2. The van der Waals surface area contributed by atoms with Gasteiger partial charge >= 0.3 is 0 Å². The Hall–Kier alpha value is -2.12. The summed E-state index contributed by atoms with van der Waals surface area (Å²) in [7, 11) is -3.83. The molecule has 0 aliphatic heterocycles. The van der Waals surface area contributed by atoms with Gasteiger partial charge in [0.2, 0.25) is 10.0 Å². The van der Waals surface area contributed by atoms with E-state index < -0.39 is 10.0 Å². The largest absolute Gasteiger partial charge is 0.398 e. The molecule has 0 amide bonds. The molecule has 0 aromatic heterocycles. The molecule has 106 valence electrons. The van der Waals surface area contributed by atoms with E-state index in [4.69, 9.17) is 10.9 Å². The van der Waals surface area contributed by atoms with Crippen molar-refractivity contribution in [2.24, 2.45) is 5.14 Å². The van der Waals surface area contributed by atoms with Crippen LogP contribution in [0.15, 0.2) is 47.4 Å². The second-order valence-electron chi connectivity index (χ2n) is 4.28. The van der Waals surface area contributed by atoms with Crippen LogP contribution in [-0.2, 0) is 16.6 Å². The standard InChI is InChI=1S/C13H14FN3O2S/c14-10-3-1-2-9(6-10)8-17-11-4-5-13(12(15)7-11)20(16,18)19/h1-7,17H,8,15H2,(H2,16,18,19).